The van der Waals surface area contributed by atoms with Crippen LogP contribution < -0.4 is 5.32 Å². The quantitative estimate of drug-likeness (QED) is 0.828. The highest BCUT2D eigenvalue weighted by Gasteiger charge is 2.34. The van der Waals surface area contributed by atoms with Crippen molar-refractivity contribution in [3.05, 3.63) is 30.3 Å². The number of benzene rings is 1. The standard InChI is InChI=1S/C15H23N3O2/c1-17(2)10-13-8-14(19)11-18(13)15(20)9-16-12-6-4-3-5-7-12/h3-7,13-14,16,19H,8-11H2,1-2H3. The number of anilines is 1. The molecule has 0 bridgehead atoms. The van der Waals surface area contributed by atoms with Gasteiger partial charge in [-0.1, -0.05) is 18.2 Å². The number of aliphatic hydroxyl groups excluding tert-OH is 1. The van der Waals surface area contributed by atoms with Crippen LogP contribution in [0, 0.1) is 0 Å². The largest absolute Gasteiger partial charge is 0.391 e. The van der Waals surface area contributed by atoms with E-state index in [0.717, 1.165) is 12.2 Å². The van der Waals surface area contributed by atoms with Crippen LogP contribution >= 0.6 is 0 Å². The summed E-state index contributed by atoms with van der Waals surface area (Å²) >= 11 is 0. The van der Waals surface area contributed by atoms with Crippen molar-refractivity contribution in [1.29, 1.82) is 0 Å². The molecule has 0 aromatic heterocycles. The Bertz CT molecular complexity index is 436. The number of likely N-dealkylation sites (tertiary alicyclic amines) is 1. The molecule has 1 amide bonds. The zero-order valence-corrected chi connectivity index (χ0v) is 12.1. The second-order valence-electron chi connectivity index (χ2n) is 5.57. The minimum absolute atomic E-state index is 0.0391. The highest BCUT2D eigenvalue weighted by molar-refractivity contribution is 5.81. The lowest BCUT2D eigenvalue weighted by Crippen LogP contribution is -2.43. The number of nitrogens with one attached hydrogen (secondary N) is 1. The number of aliphatic hydroxyl groups is 1. The van der Waals surface area contributed by atoms with Gasteiger partial charge in [-0.2, -0.15) is 0 Å². The van der Waals surface area contributed by atoms with Gasteiger partial charge in [0, 0.05) is 24.8 Å². The smallest absolute Gasteiger partial charge is 0.242 e. The SMILES string of the molecule is CN(C)CC1CC(O)CN1C(=O)CNc1ccccc1. The summed E-state index contributed by atoms with van der Waals surface area (Å²) < 4.78 is 0. The molecule has 1 fully saturated rings. The van der Waals surface area contributed by atoms with E-state index in [1.807, 2.05) is 49.3 Å². The summed E-state index contributed by atoms with van der Waals surface area (Å²) in [5, 5.41) is 12.9. The summed E-state index contributed by atoms with van der Waals surface area (Å²) in [6, 6.07) is 9.77. The number of amides is 1. The van der Waals surface area contributed by atoms with Crippen LogP contribution in [0.15, 0.2) is 30.3 Å². The Morgan fingerprint density at radius 2 is 2.10 bits per heavy atom. The first-order valence-electron chi connectivity index (χ1n) is 6.97. The van der Waals surface area contributed by atoms with Gasteiger partial charge in [0.25, 0.3) is 0 Å². The minimum Gasteiger partial charge on any atom is -0.391 e. The number of nitrogens with zero attached hydrogens (tertiary/aromatic N) is 2. The Morgan fingerprint density at radius 1 is 1.40 bits per heavy atom. The van der Waals surface area contributed by atoms with Crippen molar-refractivity contribution < 1.29 is 9.90 Å². The van der Waals surface area contributed by atoms with E-state index in [-0.39, 0.29) is 18.5 Å². The predicted molar refractivity (Wildman–Crippen MR) is 79.6 cm³/mol. The van der Waals surface area contributed by atoms with E-state index in [2.05, 4.69) is 5.32 Å². The summed E-state index contributed by atoms with van der Waals surface area (Å²) in [6.45, 7) is 1.49. The zero-order valence-electron chi connectivity index (χ0n) is 12.1. The second-order valence-corrected chi connectivity index (χ2v) is 5.57. The molecule has 0 aliphatic carbocycles. The number of β-amino-alcohol motifs (C(OH)–C–C–N with tert-alkyl or cyclic N) is 1. The van der Waals surface area contributed by atoms with Crippen molar-refractivity contribution in [2.75, 3.05) is 39.0 Å². The van der Waals surface area contributed by atoms with Crippen molar-refractivity contribution in [3.8, 4) is 0 Å². The van der Waals surface area contributed by atoms with Gasteiger partial charge in [-0.3, -0.25) is 4.79 Å². The molecule has 1 aliphatic rings. The monoisotopic (exact) mass is 277 g/mol. The molecule has 2 atom stereocenters. The molecule has 2 unspecified atom stereocenters. The maximum Gasteiger partial charge on any atom is 0.242 e. The number of carbonyl (C=O) groups is 1. The van der Waals surface area contributed by atoms with Crippen LogP contribution in [0.4, 0.5) is 5.69 Å². The number of hydrogen-bond donors (Lipinski definition) is 2. The third kappa shape index (κ3) is 3.95. The third-order valence-corrected chi connectivity index (χ3v) is 3.51. The normalized spacial score (nSPS) is 22.3. The van der Waals surface area contributed by atoms with E-state index in [1.165, 1.54) is 0 Å². The van der Waals surface area contributed by atoms with Crippen molar-refractivity contribution in [2.24, 2.45) is 0 Å². The Hall–Kier alpha value is -1.59. The summed E-state index contributed by atoms with van der Waals surface area (Å²) in [6.07, 6.45) is 0.260. The number of hydrogen-bond acceptors (Lipinski definition) is 4. The molecule has 1 aromatic carbocycles. The first-order valence-corrected chi connectivity index (χ1v) is 6.97. The van der Waals surface area contributed by atoms with Crippen LogP contribution in [-0.4, -0.2) is 66.7 Å². The predicted octanol–water partition coefficient (Wildman–Crippen LogP) is 0.622. The van der Waals surface area contributed by atoms with Gasteiger partial charge in [0.1, 0.15) is 0 Å². The van der Waals surface area contributed by atoms with E-state index < -0.39 is 6.10 Å². The van der Waals surface area contributed by atoms with Crippen LogP contribution in [0.3, 0.4) is 0 Å². The Kier molecular flexibility index (Phi) is 4.98. The summed E-state index contributed by atoms with van der Waals surface area (Å²) in [5.74, 6) is 0.0391. The molecule has 0 saturated carbocycles. The lowest BCUT2D eigenvalue weighted by Gasteiger charge is -2.27. The molecule has 1 saturated heterocycles. The molecule has 2 rings (SSSR count). The third-order valence-electron chi connectivity index (χ3n) is 3.51. The number of rotatable bonds is 5. The Balaban J connectivity index is 1.90. The van der Waals surface area contributed by atoms with E-state index in [1.54, 1.807) is 4.90 Å². The molecule has 110 valence electrons. The van der Waals surface area contributed by atoms with E-state index in [0.29, 0.717) is 13.0 Å². The topological polar surface area (TPSA) is 55.8 Å². The highest BCUT2D eigenvalue weighted by atomic mass is 16.3. The Labute approximate surface area is 120 Å². The van der Waals surface area contributed by atoms with E-state index >= 15 is 0 Å². The molecule has 0 spiro atoms. The molecule has 1 heterocycles. The van der Waals surface area contributed by atoms with Gasteiger partial charge in [0.05, 0.1) is 12.6 Å². The van der Waals surface area contributed by atoms with Crippen molar-refractivity contribution in [2.45, 2.75) is 18.6 Å². The summed E-state index contributed by atoms with van der Waals surface area (Å²) in [4.78, 5) is 16.1. The van der Waals surface area contributed by atoms with Crippen LogP contribution in [-0.2, 0) is 4.79 Å². The van der Waals surface area contributed by atoms with Gasteiger partial charge >= 0.3 is 0 Å². The maximum absolute atomic E-state index is 12.3. The van der Waals surface area contributed by atoms with Crippen LogP contribution in [0.5, 0.6) is 0 Å². The van der Waals surface area contributed by atoms with E-state index in [9.17, 15) is 9.90 Å². The van der Waals surface area contributed by atoms with E-state index in [4.69, 9.17) is 0 Å². The summed E-state index contributed by atoms with van der Waals surface area (Å²) in [7, 11) is 3.96. The van der Waals surface area contributed by atoms with Gasteiger partial charge < -0.3 is 20.2 Å². The summed E-state index contributed by atoms with van der Waals surface area (Å²) in [5.41, 5.74) is 0.935. The minimum atomic E-state index is -0.402. The van der Waals surface area contributed by atoms with Gasteiger partial charge in [-0.05, 0) is 32.6 Å². The molecule has 5 heteroatoms. The first kappa shape index (κ1) is 14.8. The molecule has 5 nitrogen and oxygen atoms in total. The lowest BCUT2D eigenvalue weighted by molar-refractivity contribution is -0.130. The van der Waals surface area contributed by atoms with Gasteiger partial charge in [-0.15, -0.1) is 0 Å². The van der Waals surface area contributed by atoms with Crippen LogP contribution in [0.25, 0.3) is 0 Å². The molecule has 1 aromatic rings. The molecule has 2 N–H and O–H groups in total. The molecular formula is C15H23N3O2. The number of carbonyl (C=O) groups excluding carboxylic acids is 1. The number of likely N-dealkylation sites (N-methyl/N-ethyl adjacent to an activating group) is 1. The van der Waals surface area contributed by atoms with Crippen molar-refractivity contribution in [1.82, 2.24) is 9.80 Å². The average molecular weight is 277 g/mol. The first-order chi connectivity index (χ1) is 9.56. The zero-order chi connectivity index (χ0) is 14.5. The van der Waals surface area contributed by atoms with Crippen molar-refractivity contribution in [3.63, 3.8) is 0 Å². The van der Waals surface area contributed by atoms with Crippen LogP contribution in [0.2, 0.25) is 0 Å². The fourth-order valence-corrected chi connectivity index (χ4v) is 2.63. The lowest BCUT2D eigenvalue weighted by atomic mass is 10.2. The molecule has 0 radical (unpaired) electrons. The number of para-hydroxylation sites is 1. The van der Waals surface area contributed by atoms with Gasteiger partial charge in [0.2, 0.25) is 5.91 Å². The molecule has 20 heavy (non-hydrogen) atoms. The fraction of sp³-hybridized carbons (Fsp3) is 0.533. The maximum atomic E-state index is 12.3. The Morgan fingerprint density at radius 3 is 2.75 bits per heavy atom. The fourth-order valence-electron chi connectivity index (χ4n) is 2.63. The van der Waals surface area contributed by atoms with Crippen LogP contribution in [0.1, 0.15) is 6.42 Å². The van der Waals surface area contributed by atoms with Crippen molar-refractivity contribution >= 4 is 11.6 Å². The van der Waals surface area contributed by atoms with Gasteiger partial charge in [-0.25, -0.2) is 0 Å². The van der Waals surface area contributed by atoms with Gasteiger partial charge in [0.15, 0.2) is 0 Å². The average Bonchev–Trinajstić information content (AvgIpc) is 2.77. The second kappa shape index (κ2) is 6.72. The molecular weight excluding hydrogens is 254 g/mol. The highest BCUT2D eigenvalue weighted by Crippen LogP contribution is 2.18. The molecule has 1 aliphatic heterocycles.